The van der Waals surface area contributed by atoms with Crippen molar-refractivity contribution in [3.05, 3.63) is 87.4 Å². The van der Waals surface area contributed by atoms with Crippen LogP contribution in [0.4, 0.5) is 5.13 Å². The molecule has 1 fully saturated rings. The fraction of sp³-hybridized carbons (Fsp3) is 0.214. The number of thiazole rings is 1. The van der Waals surface area contributed by atoms with Gasteiger partial charge in [-0.1, -0.05) is 41.7 Å². The van der Waals surface area contributed by atoms with Crippen LogP contribution in [0.1, 0.15) is 46.4 Å². The number of hydrogen-bond acceptors (Lipinski definition) is 8. The molecule has 10 heteroatoms. The monoisotopic (exact) mass is 552 g/mol. The van der Waals surface area contributed by atoms with E-state index in [0.29, 0.717) is 44.8 Å². The largest absolute Gasteiger partial charge is 0.507 e. The van der Waals surface area contributed by atoms with Crippen LogP contribution in [0.15, 0.2) is 60.7 Å². The zero-order valence-electron chi connectivity index (χ0n) is 21.0. The molecular weight excluding hydrogens is 528 g/mol. The molecule has 3 aromatic rings. The van der Waals surface area contributed by atoms with Gasteiger partial charge >= 0.3 is 5.91 Å². The highest BCUT2D eigenvalue weighted by Gasteiger charge is 2.48. The molecule has 1 amide bonds. The maximum atomic E-state index is 13.4. The van der Waals surface area contributed by atoms with Gasteiger partial charge in [0.05, 0.1) is 28.8 Å². The van der Waals surface area contributed by atoms with Gasteiger partial charge < -0.3 is 14.6 Å². The van der Waals surface area contributed by atoms with Crippen LogP contribution < -0.4 is 14.4 Å². The molecule has 0 spiro atoms. The number of aryl methyl sites for hydroxylation is 1. The van der Waals surface area contributed by atoms with Crippen LogP contribution in [-0.2, 0) is 9.59 Å². The number of rotatable bonds is 9. The Hall–Kier alpha value is -3.95. The molecule has 1 aliphatic rings. The second-order valence-electron chi connectivity index (χ2n) is 8.38. The minimum atomic E-state index is -1.05. The third-order valence-corrected chi connectivity index (χ3v) is 7.32. The van der Waals surface area contributed by atoms with E-state index in [1.54, 1.807) is 55.5 Å². The zero-order chi connectivity index (χ0) is 27.6. The molecule has 1 N–H and O–H groups in total. The van der Waals surface area contributed by atoms with Crippen molar-refractivity contribution < 1.29 is 29.0 Å². The molecule has 38 heavy (non-hydrogen) atoms. The molecule has 0 aliphatic carbocycles. The first-order valence-electron chi connectivity index (χ1n) is 11.7. The molecule has 0 saturated carbocycles. The molecule has 1 unspecified atom stereocenters. The highest BCUT2D eigenvalue weighted by Crippen LogP contribution is 2.45. The summed E-state index contributed by atoms with van der Waals surface area (Å²) in [5.41, 5.74) is 1.11. The van der Waals surface area contributed by atoms with Gasteiger partial charge in [-0.25, -0.2) is 4.98 Å². The molecule has 1 aliphatic heterocycles. The third kappa shape index (κ3) is 5.07. The average Bonchev–Trinajstić information content (AvgIpc) is 3.40. The molecule has 1 saturated heterocycles. The van der Waals surface area contributed by atoms with Crippen LogP contribution >= 0.6 is 22.9 Å². The smallest absolute Gasteiger partial charge is 0.301 e. The van der Waals surface area contributed by atoms with Crippen molar-refractivity contribution in [3.8, 4) is 11.5 Å². The van der Waals surface area contributed by atoms with E-state index in [0.717, 1.165) is 11.3 Å². The van der Waals surface area contributed by atoms with Gasteiger partial charge in [0.1, 0.15) is 12.4 Å². The van der Waals surface area contributed by atoms with Crippen molar-refractivity contribution in [2.45, 2.75) is 26.8 Å². The number of halogens is 1. The quantitative estimate of drug-likeness (QED) is 0.116. The number of Topliss-reactive ketones (excluding diaryl/α,β-unsaturated/α-hetero) is 2. The molecule has 2 aromatic carbocycles. The predicted octanol–water partition coefficient (Wildman–Crippen LogP) is 5.90. The molecule has 1 atom stereocenters. The zero-order valence-corrected chi connectivity index (χ0v) is 22.6. The Labute approximate surface area is 228 Å². The number of carbonyl (C=O) groups is 3. The first kappa shape index (κ1) is 27.1. The SMILES string of the molecule is C=CCOc1ccc(C2C(=C(O)c3ccc(Cl)cc3)C(=O)C(=O)N2c2nc(C)c(C(C)=O)s2)cc1OCC. The fourth-order valence-corrected chi connectivity index (χ4v) is 5.27. The topological polar surface area (TPSA) is 106 Å². The summed E-state index contributed by atoms with van der Waals surface area (Å²) in [6, 6.07) is 10.2. The Kier molecular flexibility index (Phi) is 7.99. The number of ketones is 2. The van der Waals surface area contributed by atoms with Crippen molar-refractivity contribution >= 4 is 51.3 Å². The summed E-state index contributed by atoms with van der Waals surface area (Å²) in [5.74, 6) is -1.48. The van der Waals surface area contributed by atoms with Gasteiger partial charge in [-0.15, -0.1) is 0 Å². The van der Waals surface area contributed by atoms with E-state index < -0.39 is 17.7 Å². The maximum absolute atomic E-state index is 13.4. The number of nitrogens with zero attached hydrogens (tertiary/aromatic N) is 2. The van der Waals surface area contributed by atoms with E-state index in [9.17, 15) is 19.5 Å². The molecular formula is C28H25ClN2O6S. The second-order valence-corrected chi connectivity index (χ2v) is 9.80. The predicted molar refractivity (Wildman–Crippen MR) is 146 cm³/mol. The number of ether oxygens (including phenoxy) is 2. The lowest BCUT2D eigenvalue weighted by Crippen LogP contribution is -2.29. The van der Waals surface area contributed by atoms with Gasteiger partial charge in [0.15, 0.2) is 22.4 Å². The van der Waals surface area contributed by atoms with Gasteiger partial charge in [0.25, 0.3) is 5.78 Å². The van der Waals surface area contributed by atoms with E-state index in [-0.39, 0.29) is 28.9 Å². The summed E-state index contributed by atoms with van der Waals surface area (Å²) in [6.45, 7) is 9.14. The lowest BCUT2D eigenvalue weighted by atomic mass is 9.95. The Morgan fingerprint density at radius 2 is 1.89 bits per heavy atom. The second kappa shape index (κ2) is 11.2. The van der Waals surface area contributed by atoms with Crippen LogP contribution in [0.2, 0.25) is 5.02 Å². The number of aliphatic hydroxyl groups excluding tert-OH is 1. The number of aromatic nitrogens is 1. The lowest BCUT2D eigenvalue weighted by molar-refractivity contribution is -0.132. The summed E-state index contributed by atoms with van der Waals surface area (Å²) in [4.78, 5) is 45.0. The van der Waals surface area contributed by atoms with Crippen LogP contribution in [0, 0.1) is 6.92 Å². The molecule has 1 aromatic heterocycles. The van der Waals surface area contributed by atoms with E-state index >= 15 is 0 Å². The average molecular weight is 553 g/mol. The number of anilines is 1. The first-order valence-corrected chi connectivity index (χ1v) is 12.9. The van der Waals surface area contributed by atoms with Gasteiger partial charge in [0.2, 0.25) is 0 Å². The number of aliphatic hydroxyl groups is 1. The maximum Gasteiger partial charge on any atom is 0.301 e. The highest BCUT2D eigenvalue weighted by atomic mass is 35.5. The van der Waals surface area contributed by atoms with E-state index in [1.807, 2.05) is 6.92 Å². The summed E-state index contributed by atoms with van der Waals surface area (Å²) < 4.78 is 11.5. The van der Waals surface area contributed by atoms with Crippen LogP contribution in [0.25, 0.3) is 5.76 Å². The standard InChI is InChI=1S/C28H25ClN2O6S/c1-5-13-37-20-12-9-18(14-21(20)36-6-2)23-22(24(33)17-7-10-19(29)11-8-17)25(34)27(35)31(23)28-30-15(3)26(38-28)16(4)32/h5,7-12,14,23,33H,1,6,13H2,2-4H3. The number of amides is 1. The minimum Gasteiger partial charge on any atom is -0.507 e. The Morgan fingerprint density at radius 1 is 1.18 bits per heavy atom. The van der Waals surface area contributed by atoms with E-state index in [2.05, 4.69) is 11.6 Å². The first-order chi connectivity index (χ1) is 18.2. The number of hydrogen-bond donors (Lipinski definition) is 1. The van der Waals surface area contributed by atoms with Gasteiger partial charge in [-0.2, -0.15) is 0 Å². The van der Waals surface area contributed by atoms with Crippen molar-refractivity contribution in [2.75, 3.05) is 18.1 Å². The Balaban J connectivity index is 1.95. The molecule has 2 heterocycles. The molecule has 8 nitrogen and oxygen atoms in total. The van der Waals surface area contributed by atoms with Crippen molar-refractivity contribution in [1.82, 2.24) is 4.98 Å². The summed E-state index contributed by atoms with van der Waals surface area (Å²) >= 11 is 7.02. The van der Waals surface area contributed by atoms with Crippen LogP contribution in [0.3, 0.4) is 0 Å². The Bertz CT molecular complexity index is 1460. The van der Waals surface area contributed by atoms with Crippen LogP contribution in [0.5, 0.6) is 11.5 Å². The number of benzene rings is 2. The van der Waals surface area contributed by atoms with Crippen molar-refractivity contribution in [2.24, 2.45) is 0 Å². The third-order valence-electron chi connectivity index (χ3n) is 5.81. The number of carbonyl (C=O) groups excluding carboxylic acids is 3. The highest BCUT2D eigenvalue weighted by molar-refractivity contribution is 7.18. The Morgan fingerprint density at radius 3 is 2.50 bits per heavy atom. The molecule has 0 radical (unpaired) electrons. The summed E-state index contributed by atoms with van der Waals surface area (Å²) in [6.07, 6.45) is 1.60. The fourth-order valence-electron chi connectivity index (χ4n) is 4.15. The molecule has 196 valence electrons. The lowest BCUT2D eigenvalue weighted by Gasteiger charge is -2.24. The summed E-state index contributed by atoms with van der Waals surface area (Å²) in [7, 11) is 0. The van der Waals surface area contributed by atoms with E-state index in [4.69, 9.17) is 21.1 Å². The molecule has 0 bridgehead atoms. The minimum absolute atomic E-state index is 0.128. The van der Waals surface area contributed by atoms with Crippen molar-refractivity contribution in [3.63, 3.8) is 0 Å². The van der Waals surface area contributed by atoms with E-state index in [1.165, 1.54) is 11.8 Å². The van der Waals surface area contributed by atoms with Crippen molar-refractivity contribution in [1.29, 1.82) is 0 Å². The van der Waals surface area contributed by atoms with Gasteiger partial charge in [0, 0.05) is 17.5 Å². The van der Waals surface area contributed by atoms with Crippen LogP contribution in [-0.4, -0.2) is 40.8 Å². The van der Waals surface area contributed by atoms with Gasteiger partial charge in [-0.3, -0.25) is 19.3 Å². The normalized spacial score (nSPS) is 16.5. The van der Waals surface area contributed by atoms with Gasteiger partial charge in [-0.05, 0) is 55.8 Å². The summed E-state index contributed by atoms with van der Waals surface area (Å²) in [5, 5.41) is 11.9. The molecule has 4 rings (SSSR count).